The summed E-state index contributed by atoms with van der Waals surface area (Å²) in [6, 6.07) is 0. The minimum Gasteiger partial charge on any atom is -0.481 e. The van der Waals surface area contributed by atoms with Crippen LogP contribution in [0, 0.1) is 4.91 Å². The molecule has 6 nitrogen and oxygen atoms in total. The summed E-state index contributed by atoms with van der Waals surface area (Å²) in [6.07, 6.45) is -0.512. The summed E-state index contributed by atoms with van der Waals surface area (Å²) >= 11 is 0. The van der Waals surface area contributed by atoms with Crippen molar-refractivity contribution in [3.05, 3.63) is 17.2 Å². The number of nitrogens with zero attached hydrogens (tertiary/aromatic N) is 2. The fourth-order valence-corrected chi connectivity index (χ4v) is 0.303. The standard InChI is InChI=1S/C4H6N2O4/c1-3(2-4(7)8)6(10)5-9/h10H,1-2H2,(H,7,8). The van der Waals surface area contributed by atoms with Crippen LogP contribution in [0.2, 0.25) is 0 Å². The van der Waals surface area contributed by atoms with E-state index in [1.807, 2.05) is 5.29 Å². The lowest BCUT2D eigenvalue weighted by Gasteiger charge is -2.05. The Kier molecular flexibility index (Phi) is 3.06. The molecule has 0 aliphatic rings. The van der Waals surface area contributed by atoms with Crippen molar-refractivity contribution in [1.82, 2.24) is 5.17 Å². The van der Waals surface area contributed by atoms with Gasteiger partial charge in [0.15, 0.2) is 0 Å². The molecular formula is C4H6N2O4. The minimum absolute atomic E-state index is 0.117. The van der Waals surface area contributed by atoms with Gasteiger partial charge in [-0.05, 0) is 0 Å². The van der Waals surface area contributed by atoms with E-state index in [0.717, 1.165) is 0 Å². The molecule has 0 saturated heterocycles. The molecule has 0 aliphatic carbocycles. The van der Waals surface area contributed by atoms with Crippen LogP contribution in [0.1, 0.15) is 6.42 Å². The number of hydrogen-bond donors (Lipinski definition) is 2. The molecule has 0 atom stereocenters. The monoisotopic (exact) mass is 146 g/mol. The molecule has 0 aliphatic heterocycles. The molecule has 0 spiro atoms. The van der Waals surface area contributed by atoms with Gasteiger partial charge in [-0.3, -0.25) is 10.0 Å². The Balaban J connectivity index is 3.84. The van der Waals surface area contributed by atoms with Crippen LogP contribution >= 0.6 is 0 Å². The fourth-order valence-electron chi connectivity index (χ4n) is 0.303. The predicted molar refractivity (Wildman–Crippen MR) is 30.8 cm³/mol. The van der Waals surface area contributed by atoms with Crippen molar-refractivity contribution in [3.8, 4) is 0 Å². The number of hydrogen-bond acceptors (Lipinski definition) is 4. The molecule has 2 N–H and O–H groups in total. The normalized spacial score (nSPS) is 8.50. The van der Waals surface area contributed by atoms with Gasteiger partial charge in [-0.1, -0.05) is 6.58 Å². The topological polar surface area (TPSA) is 90.2 Å². The maximum absolute atomic E-state index is 9.89. The van der Waals surface area contributed by atoms with Gasteiger partial charge >= 0.3 is 5.97 Å². The van der Waals surface area contributed by atoms with Crippen molar-refractivity contribution in [2.45, 2.75) is 6.42 Å². The minimum atomic E-state index is -1.19. The maximum Gasteiger partial charge on any atom is 0.309 e. The number of carboxylic acid groups (broad SMARTS) is 1. The first kappa shape index (κ1) is 8.57. The van der Waals surface area contributed by atoms with Crippen LogP contribution in [-0.4, -0.2) is 21.5 Å². The van der Waals surface area contributed by atoms with E-state index in [1.54, 1.807) is 0 Å². The van der Waals surface area contributed by atoms with Gasteiger partial charge in [0.05, 0.1) is 17.4 Å². The highest BCUT2D eigenvalue weighted by molar-refractivity contribution is 5.69. The second-order valence-electron chi connectivity index (χ2n) is 1.51. The van der Waals surface area contributed by atoms with Gasteiger partial charge in [0.25, 0.3) is 0 Å². The van der Waals surface area contributed by atoms with Gasteiger partial charge in [0.2, 0.25) is 0 Å². The first-order valence-electron chi connectivity index (χ1n) is 2.29. The van der Waals surface area contributed by atoms with E-state index >= 15 is 0 Å². The average Bonchev–Trinajstić information content (AvgIpc) is 1.85. The molecule has 0 rings (SSSR count). The van der Waals surface area contributed by atoms with Crippen LogP contribution in [0.3, 0.4) is 0 Å². The smallest absolute Gasteiger partial charge is 0.309 e. The molecule has 0 aromatic carbocycles. The summed E-state index contributed by atoms with van der Waals surface area (Å²) in [5.74, 6) is -1.19. The zero-order valence-electron chi connectivity index (χ0n) is 5.02. The van der Waals surface area contributed by atoms with E-state index < -0.39 is 12.4 Å². The molecule has 56 valence electrons. The highest BCUT2D eigenvalue weighted by Gasteiger charge is 2.07. The van der Waals surface area contributed by atoms with E-state index in [9.17, 15) is 9.70 Å². The Bertz CT molecular complexity index is 167. The molecule has 0 bridgehead atoms. The quantitative estimate of drug-likeness (QED) is 0.441. The van der Waals surface area contributed by atoms with Gasteiger partial charge in [-0.25, -0.2) is 0 Å². The fraction of sp³-hybridized carbons (Fsp3) is 0.250. The molecule has 0 aromatic rings. The van der Waals surface area contributed by atoms with E-state index in [2.05, 4.69) is 6.58 Å². The largest absolute Gasteiger partial charge is 0.481 e. The van der Waals surface area contributed by atoms with Crippen LogP contribution in [-0.2, 0) is 4.79 Å². The molecular weight excluding hydrogens is 140 g/mol. The van der Waals surface area contributed by atoms with Crippen LogP contribution in [0.15, 0.2) is 17.6 Å². The summed E-state index contributed by atoms with van der Waals surface area (Å²) in [7, 11) is 0. The highest BCUT2D eigenvalue weighted by Crippen LogP contribution is 2.02. The van der Waals surface area contributed by atoms with E-state index in [-0.39, 0.29) is 10.9 Å². The number of aliphatic carboxylic acids is 1. The van der Waals surface area contributed by atoms with E-state index in [0.29, 0.717) is 0 Å². The lowest BCUT2D eigenvalue weighted by molar-refractivity contribution is -0.138. The lowest BCUT2D eigenvalue weighted by atomic mass is 10.3. The molecule has 6 heteroatoms. The number of rotatable bonds is 4. The third-order valence-electron chi connectivity index (χ3n) is 0.715. The third-order valence-corrected chi connectivity index (χ3v) is 0.715. The average molecular weight is 146 g/mol. The number of carbonyl (C=O) groups is 1. The molecule has 0 aromatic heterocycles. The molecule has 0 unspecified atom stereocenters. The first-order valence-corrected chi connectivity index (χ1v) is 2.29. The lowest BCUT2D eigenvalue weighted by Crippen LogP contribution is -2.12. The Morgan fingerprint density at radius 1 is 1.70 bits per heavy atom. The number of hydroxylamine groups is 1. The Morgan fingerprint density at radius 2 is 2.20 bits per heavy atom. The van der Waals surface area contributed by atoms with Crippen molar-refractivity contribution < 1.29 is 15.1 Å². The summed E-state index contributed by atoms with van der Waals surface area (Å²) in [6.45, 7) is 3.07. The van der Waals surface area contributed by atoms with Gasteiger partial charge in [0, 0.05) is 0 Å². The second-order valence-corrected chi connectivity index (χ2v) is 1.51. The van der Waals surface area contributed by atoms with Gasteiger partial charge in [0.1, 0.15) is 0 Å². The van der Waals surface area contributed by atoms with Crippen molar-refractivity contribution in [2.24, 2.45) is 5.29 Å². The zero-order valence-corrected chi connectivity index (χ0v) is 5.02. The van der Waals surface area contributed by atoms with Gasteiger partial charge < -0.3 is 5.11 Å². The van der Waals surface area contributed by atoms with Gasteiger partial charge in [-0.15, -0.1) is 10.1 Å². The zero-order chi connectivity index (χ0) is 8.15. The third kappa shape index (κ3) is 2.78. The Labute approximate surface area is 56.3 Å². The van der Waals surface area contributed by atoms with Gasteiger partial charge in [-0.2, -0.15) is 0 Å². The van der Waals surface area contributed by atoms with Crippen LogP contribution in [0.4, 0.5) is 0 Å². The number of carboxylic acids is 1. The van der Waals surface area contributed by atoms with Crippen LogP contribution < -0.4 is 0 Å². The summed E-state index contributed by atoms with van der Waals surface area (Å²) < 4.78 is 0. The number of nitroso groups, excluding NO2 is 1. The molecule has 0 fully saturated rings. The summed E-state index contributed by atoms with van der Waals surface area (Å²) in [5, 5.41) is 18.4. The SMILES string of the molecule is C=C(CC(=O)O)N(O)N=O. The second kappa shape index (κ2) is 3.57. The van der Waals surface area contributed by atoms with Crippen molar-refractivity contribution in [3.63, 3.8) is 0 Å². The van der Waals surface area contributed by atoms with Crippen molar-refractivity contribution >= 4 is 5.97 Å². The predicted octanol–water partition coefficient (Wildman–Crippen LogP) is 0.347. The van der Waals surface area contributed by atoms with Crippen molar-refractivity contribution in [1.29, 1.82) is 0 Å². The van der Waals surface area contributed by atoms with E-state index in [1.165, 1.54) is 0 Å². The van der Waals surface area contributed by atoms with Crippen LogP contribution in [0.25, 0.3) is 0 Å². The highest BCUT2D eigenvalue weighted by atomic mass is 16.6. The Hall–Kier alpha value is -1.43. The van der Waals surface area contributed by atoms with Crippen LogP contribution in [0.5, 0.6) is 0 Å². The Morgan fingerprint density at radius 3 is 2.50 bits per heavy atom. The molecule has 0 saturated carbocycles. The maximum atomic E-state index is 9.89. The summed E-state index contributed by atoms with van der Waals surface area (Å²) in [5.41, 5.74) is -0.275. The molecule has 10 heavy (non-hydrogen) atoms. The summed E-state index contributed by atoms with van der Waals surface area (Å²) in [4.78, 5) is 19.4. The van der Waals surface area contributed by atoms with Crippen molar-refractivity contribution in [2.75, 3.05) is 0 Å². The molecule has 0 heterocycles. The molecule has 0 amide bonds. The molecule has 0 radical (unpaired) electrons. The van der Waals surface area contributed by atoms with E-state index in [4.69, 9.17) is 10.3 Å². The first-order chi connectivity index (χ1) is 4.57.